The predicted molar refractivity (Wildman–Crippen MR) is 108 cm³/mol. The smallest absolute Gasteiger partial charge is 0.275 e. The molecular weight excluding hydrogens is 358 g/mol. The lowest BCUT2D eigenvalue weighted by molar-refractivity contribution is 0.967. The lowest BCUT2D eigenvalue weighted by atomic mass is 10.2. The molecule has 1 N–H and O–H groups in total. The molecule has 6 nitrogen and oxygen atoms in total. The van der Waals surface area contributed by atoms with Crippen LogP contribution in [0.4, 0.5) is 11.5 Å². The van der Waals surface area contributed by atoms with Crippen LogP contribution in [0.25, 0.3) is 26.1 Å². The molecule has 0 radical (unpaired) electrons. The van der Waals surface area contributed by atoms with Gasteiger partial charge in [0.15, 0.2) is 0 Å². The molecule has 0 amide bonds. The number of para-hydroxylation sites is 2. The number of nitrogens with one attached hydrogen (secondary N) is 1. The molecule has 7 heteroatoms. The van der Waals surface area contributed by atoms with Gasteiger partial charge in [0.05, 0.1) is 11.1 Å². The molecule has 0 fully saturated rings. The normalized spacial score (nSPS) is 11.1. The standard InChI is InChI=1S/C20H13N5OS/c26-20-17-16(23-12-25(20)14-9-5-2-6-10-14)15-18(21-11-22-19(15)27-17)24-13-7-3-1-4-8-13/h1-12H,(H,21,22,24). The Morgan fingerprint density at radius 3 is 2.41 bits per heavy atom. The molecule has 5 rings (SSSR count). The summed E-state index contributed by atoms with van der Waals surface area (Å²) in [5.74, 6) is 0.641. The molecule has 3 aromatic heterocycles. The fourth-order valence-electron chi connectivity index (χ4n) is 2.99. The monoisotopic (exact) mass is 371 g/mol. The van der Waals surface area contributed by atoms with Gasteiger partial charge in [-0.05, 0) is 24.3 Å². The second-order valence-electron chi connectivity index (χ2n) is 5.93. The zero-order valence-corrected chi connectivity index (χ0v) is 14.9. The van der Waals surface area contributed by atoms with E-state index in [1.54, 1.807) is 10.9 Å². The van der Waals surface area contributed by atoms with Crippen LogP contribution in [0.5, 0.6) is 0 Å². The number of hydrogen-bond acceptors (Lipinski definition) is 6. The minimum Gasteiger partial charge on any atom is -0.340 e. The number of aromatic nitrogens is 4. The van der Waals surface area contributed by atoms with Crippen molar-refractivity contribution in [3.63, 3.8) is 0 Å². The van der Waals surface area contributed by atoms with E-state index in [9.17, 15) is 4.79 Å². The van der Waals surface area contributed by atoms with Crippen LogP contribution >= 0.6 is 11.3 Å². The average Bonchev–Trinajstić information content (AvgIpc) is 3.10. The Hall–Kier alpha value is -3.58. The third kappa shape index (κ3) is 2.65. The molecule has 27 heavy (non-hydrogen) atoms. The Kier molecular flexibility index (Phi) is 3.65. The van der Waals surface area contributed by atoms with E-state index in [4.69, 9.17) is 0 Å². The van der Waals surface area contributed by atoms with E-state index >= 15 is 0 Å². The van der Waals surface area contributed by atoms with Crippen molar-refractivity contribution in [1.82, 2.24) is 19.5 Å². The van der Waals surface area contributed by atoms with Crippen molar-refractivity contribution in [2.75, 3.05) is 5.32 Å². The molecular formula is C20H13N5OS. The molecule has 3 heterocycles. The highest BCUT2D eigenvalue weighted by atomic mass is 32.1. The molecule has 0 spiro atoms. The summed E-state index contributed by atoms with van der Waals surface area (Å²) in [6, 6.07) is 19.2. The van der Waals surface area contributed by atoms with Crippen LogP contribution in [-0.4, -0.2) is 19.5 Å². The molecule has 0 saturated heterocycles. The van der Waals surface area contributed by atoms with Crippen molar-refractivity contribution in [3.8, 4) is 5.69 Å². The molecule has 0 unspecified atom stereocenters. The number of rotatable bonds is 3. The number of hydrogen-bond donors (Lipinski definition) is 1. The lowest BCUT2D eigenvalue weighted by Gasteiger charge is -2.07. The molecule has 0 aliphatic heterocycles. The second-order valence-corrected chi connectivity index (χ2v) is 6.93. The van der Waals surface area contributed by atoms with Crippen molar-refractivity contribution in [2.45, 2.75) is 0 Å². The van der Waals surface area contributed by atoms with E-state index in [0.29, 0.717) is 16.0 Å². The summed E-state index contributed by atoms with van der Waals surface area (Å²) >= 11 is 1.33. The summed E-state index contributed by atoms with van der Waals surface area (Å²) in [5.41, 5.74) is 2.20. The highest BCUT2D eigenvalue weighted by Gasteiger charge is 2.17. The number of fused-ring (bicyclic) bond motifs is 3. The average molecular weight is 371 g/mol. The first-order valence-corrected chi connectivity index (χ1v) is 9.15. The summed E-state index contributed by atoms with van der Waals surface area (Å²) in [6.45, 7) is 0. The second kappa shape index (κ2) is 6.30. The first kappa shape index (κ1) is 15.7. The molecule has 5 aromatic rings. The van der Waals surface area contributed by atoms with Crippen molar-refractivity contribution >= 4 is 43.3 Å². The van der Waals surface area contributed by atoms with Crippen molar-refractivity contribution < 1.29 is 0 Å². The van der Waals surface area contributed by atoms with Gasteiger partial charge in [-0.3, -0.25) is 9.36 Å². The van der Waals surface area contributed by atoms with Gasteiger partial charge in [-0.2, -0.15) is 0 Å². The molecule has 0 aliphatic carbocycles. The Balaban J connectivity index is 1.73. The van der Waals surface area contributed by atoms with E-state index in [1.807, 2.05) is 60.7 Å². The number of benzene rings is 2. The predicted octanol–water partition coefficient (Wildman–Crippen LogP) is 4.13. The fraction of sp³-hybridized carbons (Fsp3) is 0. The molecule has 130 valence electrons. The molecule has 0 bridgehead atoms. The minimum absolute atomic E-state index is 0.111. The van der Waals surface area contributed by atoms with Crippen LogP contribution in [0, 0.1) is 0 Å². The number of nitrogens with zero attached hydrogens (tertiary/aromatic N) is 4. The quantitative estimate of drug-likeness (QED) is 0.516. The summed E-state index contributed by atoms with van der Waals surface area (Å²) < 4.78 is 2.11. The largest absolute Gasteiger partial charge is 0.340 e. The third-order valence-electron chi connectivity index (χ3n) is 4.25. The molecule has 0 atom stereocenters. The van der Waals surface area contributed by atoms with Gasteiger partial charge in [-0.15, -0.1) is 11.3 Å². The van der Waals surface area contributed by atoms with Crippen molar-refractivity contribution in [2.24, 2.45) is 0 Å². The van der Waals surface area contributed by atoms with Gasteiger partial charge in [0.1, 0.15) is 33.5 Å². The van der Waals surface area contributed by atoms with Crippen molar-refractivity contribution in [1.29, 1.82) is 0 Å². The first-order valence-electron chi connectivity index (χ1n) is 8.33. The van der Waals surface area contributed by atoms with Crippen LogP contribution in [0.2, 0.25) is 0 Å². The first-order chi connectivity index (χ1) is 13.3. The Morgan fingerprint density at radius 1 is 0.889 bits per heavy atom. The molecule has 2 aromatic carbocycles. The van der Waals surface area contributed by atoms with Gasteiger partial charge < -0.3 is 5.32 Å². The van der Waals surface area contributed by atoms with Crippen LogP contribution in [0.15, 0.2) is 78.1 Å². The Morgan fingerprint density at radius 2 is 1.63 bits per heavy atom. The molecule has 0 aliphatic rings. The van der Waals surface area contributed by atoms with Crippen LogP contribution in [0.3, 0.4) is 0 Å². The SMILES string of the molecule is O=c1c2sc3ncnc(Nc4ccccc4)c3c2ncn1-c1ccccc1. The highest BCUT2D eigenvalue weighted by molar-refractivity contribution is 7.25. The van der Waals surface area contributed by atoms with Gasteiger partial charge in [-0.1, -0.05) is 36.4 Å². The Bertz CT molecular complexity index is 1310. The minimum atomic E-state index is -0.111. The topological polar surface area (TPSA) is 72.7 Å². The van der Waals surface area contributed by atoms with Gasteiger partial charge >= 0.3 is 0 Å². The van der Waals surface area contributed by atoms with Gasteiger partial charge in [0, 0.05) is 5.69 Å². The fourth-order valence-corrected chi connectivity index (χ4v) is 4.02. The van der Waals surface area contributed by atoms with Crippen LogP contribution in [-0.2, 0) is 0 Å². The lowest BCUT2D eigenvalue weighted by Crippen LogP contribution is -2.17. The van der Waals surface area contributed by atoms with E-state index in [0.717, 1.165) is 21.6 Å². The summed E-state index contributed by atoms with van der Waals surface area (Å²) in [6.07, 6.45) is 3.06. The van der Waals surface area contributed by atoms with Crippen molar-refractivity contribution in [3.05, 3.63) is 83.7 Å². The van der Waals surface area contributed by atoms with Crippen LogP contribution in [0.1, 0.15) is 0 Å². The summed E-state index contributed by atoms with van der Waals surface area (Å²) in [7, 11) is 0. The van der Waals surface area contributed by atoms with E-state index < -0.39 is 0 Å². The summed E-state index contributed by atoms with van der Waals surface area (Å²) in [4.78, 5) is 27.0. The molecule has 0 saturated carbocycles. The summed E-state index contributed by atoms with van der Waals surface area (Å²) in [5, 5.41) is 4.06. The zero-order valence-electron chi connectivity index (χ0n) is 14.0. The zero-order chi connectivity index (χ0) is 18.2. The maximum absolute atomic E-state index is 13.0. The highest BCUT2D eigenvalue weighted by Crippen LogP contribution is 2.34. The van der Waals surface area contributed by atoms with Gasteiger partial charge in [0.2, 0.25) is 0 Å². The number of thiophene rings is 1. The Labute approximate surface area is 157 Å². The van der Waals surface area contributed by atoms with E-state index in [2.05, 4.69) is 20.3 Å². The maximum Gasteiger partial charge on any atom is 0.275 e. The third-order valence-corrected chi connectivity index (χ3v) is 5.32. The van der Waals surface area contributed by atoms with Gasteiger partial charge in [-0.25, -0.2) is 15.0 Å². The van der Waals surface area contributed by atoms with Crippen LogP contribution < -0.4 is 10.9 Å². The van der Waals surface area contributed by atoms with Gasteiger partial charge in [0.25, 0.3) is 5.56 Å². The maximum atomic E-state index is 13.0. The van der Waals surface area contributed by atoms with E-state index in [1.165, 1.54) is 17.7 Å². The number of anilines is 2. The van der Waals surface area contributed by atoms with E-state index in [-0.39, 0.29) is 5.56 Å².